The van der Waals surface area contributed by atoms with Crippen molar-refractivity contribution in [3.63, 3.8) is 0 Å². The molecular weight excluding hydrogens is 304 g/mol. The summed E-state index contributed by atoms with van der Waals surface area (Å²) in [7, 11) is 0. The van der Waals surface area contributed by atoms with Crippen molar-refractivity contribution < 1.29 is 9.53 Å². The molecule has 1 aromatic heterocycles. The number of hydrogen-bond donors (Lipinski definition) is 2. The Morgan fingerprint density at radius 1 is 1.21 bits per heavy atom. The average molecular weight is 336 g/mol. The van der Waals surface area contributed by atoms with E-state index in [4.69, 9.17) is 4.74 Å². The fraction of sp³-hybridized carbons (Fsp3) is 0.778. The number of aromatic nitrogens is 2. The molecule has 1 saturated carbocycles. The fourth-order valence-corrected chi connectivity index (χ4v) is 3.15. The van der Waals surface area contributed by atoms with Gasteiger partial charge in [-0.05, 0) is 45.6 Å². The number of nitrogens with one attached hydrogen (secondary N) is 2. The van der Waals surface area contributed by atoms with Gasteiger partial charge < -0.3 is 15.4 Å². The van der Waals surface area contributed by atoms with E-state index in [-0.39, 0.29) is 6.03 Å². The molecule has 0 unspecified atom stereocenters. The maximum absolute atomic E-state index is 11.7. The first-order chi connectivity index (χ1) is 11.6. The van der Waals surface area contributed by atoms with Crippen LogP contribution in [0.5, 0.6) is 0 Å². The molecule has 0 spiro atoms. The quantitative estimate of drug-likeness (QED) is 0.681. The lowest BCUT2D eigenvalue weighted by molar-refractivity contribution is 0.0275. The molecule has 0 saturated heterocycles. The molecule has 0 radical (unpaired) electrons. The molecule has 1 heterocycles. The highest BCUT2D eigenvalue weighted by Crippen LogP contribution is 2.20. The van der Waals surface area contributed by atoms with Crippen molar-refractivity contribution in [1.82, 2.24) is 20.4 Å². The van der Waals surface area contributed by atoms with Crippen LogP contribution < -0.4 is 10.6 Å². The number of rotatable bonds is 9. The zero-order valence-corrected chi connectivity index (χ0v) is 15.1. The molecule has 0 aliphatic heterocycles. The molecule has 6 heteroatoms. The van der Waals surface area contributed by atoms with Crippen molar-refractivity contribution in [2.24, 2.45) is 0 Å². The van der Waals surface area contributed by atoms with E-state index in [9.17, 15) is 4.79 Å². The Morgan fingerprint density at radius 2 is 1.92 bits per heavy atom. The second-order valence-electron chi connectivity index (χ2n) is 6.67. The summed E-state index contributed by atoms with van der Waals surface area (Å²) >= 11 is 0. The lowest BCUT2D eigenvalue weighted by Gasteiger charge is -2.21. The molecule has 0 aromatic carbocycles. The number of ether oxygens (including phenoxy) is 1. The van der Waals surface area contributed by atoms with Crippen molar-refractivity contribution in [1.29, 1.82) is 0 Å². The molecule has 136 valence electrons. The monoisotopic (exact) mass is 336 g/mol. The fourth-order valence-electron chi connectivity index (χ4n) is 3.15. The van der Waals surface area contributed by atoms with Crippen LogP contribution in [0.4, 0.5) is 4.79 Å². The van der Waals surface area contributed by atoms with E-state index < -0.39 is 0 Å². The minimum absolute atomic E-state index is 0.0963. The minimum atomic E-state index is -0.0963. The van der Waals surface area contributed by atoms with E-state index in [2.05, 4.69) is 28.7 Å². The summed E-state index contributed by atoms with van der Waals surface area (Å²) in [5.41, 5.74) is 2.20. The van der Waals surface area contributed by atoms with Gasteiger partial charge in [-0.3, -0.25) is 4.68 Å². The smallest absolute Gasteiger partial charge is 0.314 e. The normalized spacial score (nSPS) is 15.4. The van der Waals surface area contributed by atoms with Gasteiger partial charge in [0.25, 0.3) is 0 Å². The first-order valence-corrected chi connectivity index (χ1v) is 9.29. The lowest BCUT2D eigenvalue weighted by atomic mass is 9.98. The van der Waals surface area contributed by atoms with Crippen molar-refractivity contribution in [2.45, 2.75) is 71.4 Å². The number of nitrogens with zero attached hydrogens (tertiary/aromatic N) is 2. The molecule has 0 atom stereocenters. The van der Waals surface area contributed by atoms with Crippen LogP contribution in [0.1, 0.15) is 56.3 Å². The summed E-state index contributed by atoms with van der Waals surface area (Å²) in [6.45, 7) is 6.93. The second-order valence-corrected chi connectivity index (χ2v) is 6.67. The molecule has 6 nitrogen and oxygen atoms in total. The van der Waals surface area contributed by atoms with Crippen LogP contribution in [0.25, 0.3) is 0 Å². The number of aryl methyl sites for hydroxylation is 3. The summed E-state index contributed by atoms with van der Waals surface area (Å²) in [6, 6.07) is 1.97. The van der Waals surface area contributed by atoms with Gasteiger partial charge in [-0.25, -0.2) is 4.79 Å². The standard InChI is InChI=1S/C18H32N4O2/c1-15-14-16(2)22(21-15)12-6-10-19-18(23)20-11-7-13-24-17-8-4-3-5-9-17/h14,17H,3-13H2,1-2H3,(H2,19,20,23). The Balaban J connectivity index is 1.44. The van der Waals surface area contributed by atoms with Gasteiger partial charge in [0.05, 0.1) is 11.8 Å². The van der Waals surface area contributed by atoms with Gasteiger partial charge in [0.1, 0.15) is 0 Å². The third-order valence-corrected chi connectivity index (χ3v) is 4.45. The Hall–Kier alpha value is -1.56. The molecule has 24 heavy (non-hydrogen) atoms. The van der Waals surface area contributed by atoms with E-state index in [0.29, 0.717) is 19.2 Å². The van der Waals surface area contributed by atoms with Crippen LogP contribution >= 0.6 is 0 Å². The molecule has 2 amide bonds. The Bertz CT molecular complexity index is 495. The molecule has 2 rings (SSSR count). The van der Waals surface area contributed by atoms with Gasteiger partial charge in [0, 0.05) is 31.9 Å². The summed E-state index contributed by atoms with van der Waals surface area (Å²) in [4.78, 5) is 11.7. The van der Waals surface area contributed by atoms with Crippen molar-refractivity contribution in [3.05, 3.63) is 17.5 Å². The van der Waals surface area contributed by atoms with Crippen molar-refractivity contribution in [3.8, 4) is 0 Å². The molecule has 1 aromatic rings. The topological polar surface area (TPSA) is 68.2 Å². The number of carbonyl (C=O) groups excluding carboxylic acids is 1. The predicted molar refractivity (Wildman–Crippen MR) is 95.2 cm³/mol. The van der Waals surface area contributed by atoms with Crippen LogP contribution in [-0.4, -0.2) is 41.6 Å². The van der Waals surface area contributed by atoms with Crippen LogP contribution in [-0.2, 0) is 11.3 Å². The van der Waals surface area contributed by atoms with E-state index in [1.54, 1.807) is 0 Å². The Kier molecular flexibility index (Phi) is 8.08. The summed E-state index contributed by atoms with van der Waals surface area (Å²) < 4.78 is 7.83. The highest BCUT2D eigenvalue weighted by Gasteiger charge is 2.13. The van der Waals surface area contributed by atoms with Gasteiger partial charge in [0.15, 0.2) is 0 Å². The number of carbonyl (C=O) groups is 1. The van der Waals surface area contributed by atoms with Gasteiger partial charge in [-0.1, -0.05) is 19.3 Å². The maximum Gasteiger partial charge on any atom is 0.314 e. The lowest BCUT2D eigenvalue weighted by Crippen LogP contribution is -2.37. The van der Waals surface area contributed by atoms with Gasteiger partial charge in [0.2, 0.25) is 0 Å². The third-order valence-electron chi connectivity index (χ3n) is 4.45. The number of urea groups is 1. The maximum atomic E-state index is 11.7. The molecule has 1 aliphatic rings. The first-order valence-electron chi connectivity index (χ1n) is 9.29. The van der Waals surface area contributed by atoms with Crippen molar-refractivity contribution >= 4 is 6.03 Å². The zero-order valence-electron chi connectivity index (χ0n) is 15.1. The van der Waals surface area contributed by atoms with Crippen LogP contribution in [0.3, 0.4) is 0 Å². The third kappa shape index (κ3) is 6.91. The van der Waals surface area contributed by atoms with Crippen LogP contribution in [0, 0.1) is 13.8 Å². The zero-order chi connectivity index (χ0) is 17.2. The van der Waals surface area contributed by atoms with Crippen LogP contribution in [0.2, 0.25) is 0 Å². The van der Waals surface area contributed by atoms with Crippen LogP contribution in [0.15, 0.2) is 6.07 Å². The van der Waals surface area contributed by atoms with E-state index in [1.807, 2.05) is 11.6 Å². The van der Waals surface area contributed by atoms with Gasteiger partial charge in [-0.15, -0.1) is 0 Å². The highest BCUT2D eigenvalue weighted by molar-refractivity contribution is 5.73. The average Bonchev–Trinajstić information content (AvgIpc) is 2.90. The van der Waals surface area contributed by atoms with E-state index >= 15 is 0 Å². The van der Waals surface area contributed by atoms with Crippen molar-refractivity contribution in [2.75, 3.05) is 19.7 Å². The first kappa shape index (κ1) is 18.8. The summed E-state index contributed by atoms with van der Waals surface area (Å²) in [6.07, 6.45) is 8.52. The van der Waals surface area contributed by atoms with E-state index in [1.165, 1.54) is 32.1 Å². The van der Waals surface area contributed by atoms with Gasteiger partial charge >= 0.3 is 6.03 Å². The van der Waals surface area contributed by atoms with Gasteiger partial charge in [-0.2, -0.15) is 5.10 Å². The molecule has 2 N–H and O–H groups in total. The second kappa shape index (κ2) is 10.3. The Morgan fingerprint density at radius 3 is 2.58 bits per heavy atom. The Labute approximate surface area is 145 Å². The summed E-state index contributed by atoms with van der Waals surface area (Å²) in [5.74, 6) is 0. The molecule has 1 fully saturated rings. The SMILES string of the molecule is Cc1cc(C)n(CCCNC(=O)NCCCOC2CCCCC2)n1. The largest absolute Gasteiger partial charge is 0.378 e. The predicted octanol–water partition coefficient (Wildman–Crippen LogP) is 2.93. The molecule has 1 aliphatic carbocycles. The summed E-state index contributed by atoms with van der Waals surface area (Å²) in [5, 5.41) is 10.2. The highest BCUT2D eigenvalue weighted by atomic mass is 16.5. The van der Waals surface area contributed by atoms with E-state index in [0.717, 1.165) is 37.4 Å². The number of amides is 2. The number of hydrogen-bond acceptors (Lipinski definition) is 3. The molecule has 0 bridgehead atoms. The molecular formula is C18H32N4O2. The minimum Gasteiger partial charge on any atom is -0.378 e.